The number of aryl methyl sites for hydroxylation is 2. The molecule has 0 spiro atoms. The number of aromatic nitrogens is 2. The number of pyridine rings is 1. The van der Waals surface area contributed by atoms with E-state index in [4.69, 9.17) is 0 Å². The molecule has 1 aliphatic rings. The molecule has 7 nitrogen and oxygen atoms in total. The summed E-state index contributed by atoms with van der Waals surface area (Å²) in [5, 5.41) is 2.49. The van der Waals surface area contributed by atoms with Crippen LogP contribution in [0.25, 0.3) is 5.65 Å². The van der Waals surface area contributed by atoms with Crippen molar-refractivity contribution in [3.05, 3.63) is 35.3 Å². The topological polar surface area (TPSA) is 83.8 Å². The number of carbonyl (C=O) groups is 3. The third-order valence-corrected chi connectivity index (χ3v) is 4.87. The van der Waals surface area contributed by atoms with Crippen molar-refractivity contribution in [3.63, 3.8) is 0 Å². The summed E-state index contributed by atoms with van der Waals surface area (Å²) in [6.07, 6.45) is 2.60. The molecule has 2 aromatic rings. The van der Waals surface area contributed by atoms with E-state index in [2.05, 4.69) is 10.3 Å². The highest BCUT2D eigenvalue weighted by Crippen LogP contribution is 2.18. The summed E-state index contributed by atoms with van der Waals surface area (Å²) in [6.45, 7) is 4.45. The summed E-state index contributed by atoms with van der Waals surface area (Å²) in [6, 6.07) is 3.53. The van der Waals surface area contributed by atoms with Crippen LogP contribution in [0.5, 0.6) is 0 Å². The predicted octanol–water partition coefficient (Wildman–Crippen LogP) is 1.63. The molecule has 3 rings (SSSR count). The van der Waals surface area contributed by atoms with Gasteiger partial charge in [-0.05, 0) is 25.5 Å². The summed E-state index contributed by atoms with van der Waals surface area (Å²) in [4.78, 5) is 40.9. The van der Waals surface area contributed by atoms with Crippen molar-refractivity contribution >= 4 is 34.5 Å². The van der Waals surface area contributed by atoms with Crippen molar-refractivity contribution in [1.29, 1.82) is 0 Å². The minimum absolute atomic E-state index is 0.184. The lowest BCUT2D eigenvalue weighted by Crippen LogP contribution is -2.37. The highest BCUT2D eigenvalue weighted by Gasteiger charge is 2.29. The molecule has 0 atom stereocenters. The van der Waals surface area contributed by atoms with Gasteiger partial charge in [-0.25, -0.2) is 4.98 Å². The molecule has 8 heteroatoms. The Morgan fingerprint density at radius 2 is 2.17 bits per heavy atom. The maximum absolute atomic E-state index is 12.3. The van der Waals surface area contributed by atoms with E-state index < -0.39 is 0 Å². The van der Waals surface area contributed by atoms with Crippen molar-refractivity contribution in [2.24, 2.45) is 0 Å². The lowest BCUT2D eigenvalue weighted by molar-refractivity contribution is -0.124. The monoisotopic (exact) mass is 346 g/mol. The first-order valence-electron chi connectivity index (χ1n) is 7.74. The van der Waals surface area contributed by atoms with Gasteiger partial charge in [-0.1, -0.05) is 18.7 Å². The van der Waals surface area contributed by atoms with E-state index in [1.807, 2.05) is 24.3 Å². The summed E-state index contributed by atoms with van der Waals surface area (Å²) in [7, 11) is 0. The number of fused-ring (bicyclic) bond motifs is 1. The van der Waals surface area contributed by atoms with Gasteiger partial charge in [-0.2, -0.15) is 0 Å². The van der Waals surface area contributed by atoms with Crippen LogP contribution in [0.4, 0.5) is 4.79 Å². The molecule has 126 valence electrons. The average molecular weight is 346 g/mol. The number of amides is 3. The largest absolute Gasteiger partial charge is 0.350 e. The molecule has 1 aliphatic heterocycles. The van der Waals surface area contributed by atoms with Crippen LogP contribution in [0.15, 0.2) is 18.3 Å². The lowest BCUT2D eigenvalue weighted by atomic mass is 10.2. The van der Waals surface area contributed by atoms with E-state index >= 15 is 0 Å². The van der Waals surface area contributed by atoms with Crippen LogP contribution in [0, 0.1) is 6.92 Å². The molecule has 1 N–H and O–H groups in total. The predicted molar refractivity (Wildman–Crippen MR) is 91.2 cm³/mol. The van der Waals surface area contributed by atoms with Crippen molar-refractivity contribution in [3.8, 4) is 0 Å². The molecule has 3 heterocycles. The van der Waals surface area contributed by atoms with E-state index in [1.165, 1.54) is 4.90 Å². The molecular formula is C16H18N4O3S. The van der Waals surface area contributed by atoms with Gasteiger partial charge in [0.1, 0.15) is 5.65 Å². The second-order valence-corrected chi connectivity index (χ2v) is 6.43. The van der Waals surface area contributed by atoms with Crippen LogP contribution in [0.1, 0.15) is 28.7 Å². The molecule has 1 saturated heterocycles. The van der Waals surface area contributed by atoms with Gasteiger partial charge in [0.05, 0.1) is 17.0 Å². The van der Waals surface area contributed by atoms with Gasteiger partial charge in [-0.15, -0.1) is 0 Å². The van der Waals surface area contributed by atoms with Gasteiger partial charge in [0, 0.05) is 25.0 Å². The Kier molecular flexibility index (Phi) is 4.57. The van der Waals surface area contributed by atoms with Crippen LogP contribution in [-0.2, 0) is 11.2 Å². The fourth-order valence-corrected chi connectivity index (χ4v) is 3.41. The number of imide groups is 1. The summed E-state index contributed by atoms with van der Waals surface area (Å²) in [5.41, 5.74) is 3.36. The Morgan fingerprint density at radius 1 is 1.38 bits per heavy atom. The number of rotatable bonds is 5. The maximum atomic E-state index is 12.3. The molecule has 0 radical (unpaired) electrons. The Balaban J connectivity index is 1.66. The Hall–Kier alpha value is -2.35. The smallest absolute Gasteiger partial charge is 0.288 e. The van der Waals surface area contributed by atoms with Gasteiger partial charge in [0.25, 0.3) is 11.1 Å². The lowest BCUT2D eigenvalue weighted by Gasteiger charge is -2.13. The average Bonchev–Trinajstić information content (AvgIpc) is 3.07. The van der Waals surface area contributed by atoms with Gasteiger partial charge in [0.2, 0.25) is 5.91 Å². The Morgan fingerprint density at radius 3 is 2.83 bits per heavy atom. The second kappa shape index (κ2) is 6.64. The molecule has 0 aliphatic carbocycles. The Labute approximate surface area is 143 Å². The SMILES string of the molecule is CCc1nc2ccc(C(=O)NCCN3C(=O)CSC3=O)cn2c1C. The van der Waals surface area contributed by atoms with Crippen molar-refractivity contribution in [2.75, 3.05) is 18.8 Å². The zero-order chi connectivity index (χ0) is 17.3. The molecule has 0 unspecified atom stereocenters. The summed E-state index contributed by atoms with van der Waals surface area (Å²) >= 11 is 0.991. The highest BCUT2D eigenvalue weighted by atomic mass is 32.2. The third-order valence-electron chi connectivity index (χ3n) is 4.01. The number of hydrogen-bond donors (Lipinski definition) is 1. The molecule has 3 amide bonds. The standard InChI is InChI=1S/C16H18N4O3S/c1-3-12-10(2)20-8-11(4-5-13(20)18-12)15(22)17-6-7-19-14(21)9-24-16(19)23/h4-5,8H,3,6-7,9H2,1-2H3,(H,17,22). The first-order chi connectivity index (χ1) is 11.5. The fraction of sp³-hybridized carbons (Fsp3) is 0.375. The van der Waals surface area contributed by atoms with Gasteiger partial charge in [0.15, 0.2) is 0 Å². The molecule has 0 bridgehead atoms. The van der Waals surface area contributed by atoms with E-state index in [0.29, 0.717) is 5.56 Å². The van der Waals surface area contributed by atoms with Crippen molar-refractivity contribution in [1.82, 2.24) is 19.6 Å². The summed E-state index contributed by atoms with van der Waals surface area (Å²) < 4.78 is 1.90. The fourth-order valence-electron chi connectivity index (χ4n) is 2.66. The van der Waals surface area contributed by atoms with E-state index in [1.54, 1.807) is 12.3 Å². The van der Waals surface area contributed by atoms with Crippen LogP contribution in [-0.4, -0.2) is 50.2 Å². The minimum Gasteiger partial charge on any atom is -0.350 e. The quantitative estimate of drug-likeness (QED) is 0.890. The number of imidazole rings is 1. The molecule has 2 aromatic heterocycles. The minimum atomic E-state index is -0.253. The normalized spacial score (nSPS) is 14.7. The third kappa shape index (κ3) is 3.01. The number of thioether (sulfide) groups is 1. The molecular weight excluding hydrogens is 328 g/mol. The number of hydrogen-bond acceptors (Lipinski definition) is 5. The Bertz CT molecular complexity index is 814. The van der Waals surface area contributed by atoms with Crippen molar-refractivity contribution in [2.45, 2.75) is 20.3 Å². The number of carbonyl (C=O) groups excluding carboxylic acids is 3. The van der Waals surface area contributed by atoms with Crippen molar-refractivity contribution < 1.29 is 14.4 Å². The van der Waals surface area contributed by atoms with E-state index in [9.17, 15) is 14.4 Å². The number of nitrogens with zero attached hydrogens (tertiary/aromatic N) is 3. The highest BCUT2D eigenvalue weighted by molar-refractivity contribution is 8.14. The zero-order valence-electron chi connectivity index (χ0n) is 13.5. The second-order valence-electron chi connectivity index (χ2n) is 5.50. The first-order valence-corrected chi connectivity index (χ1v) is 8.72. The molecule has 0 aromatic carbocycles. The zero-order valence-corrected chi connectivity index (χ0v) is 14.4. The van der Waals surface area contributed by atoms with Crippen LogP contribution in [0.3, 0.4) is 0 Å². The van der Waals surface area contributed by atoms with Gasteiger partial charge in [-0.3, -0.25) is 19.3 Å². The molecule has 1 fully saturated rings. The molecule has 0 saturated carbocycles. The van der Waals surface area contributed by atoms with Crippen LogP contribution in [0.2, 0.25) is 0 Å². The maximum Gasteiger partial charge on any atom is 0.288 e. The van der Waals surface area contributed by atoms with E-state index in [0.717, 1.165) is 35.2 Å². The number of nitrogens with one attached hydrogen (secondary N) is 1. The summed E-state index contributed by atoms with van der Waals surface area (Å²) in [5.74, 6) is -0.264. The van der Waals surface area contributed by atoms with E-state index in [-0.39, 0.29) is 35.9 Å². The molecule has 24 heavy (non-hydrogen) atoms. The van der Waals surface area contributed by atoms with Crippen LogP contribution >= 0.6 is 11.8 Å². The first kappa shape index (κ1) is 16.5. The van der Waals surface area contributed by atoms with Gasteiger partial charge < -0.3 is 9.72 Å². The van der Waals surface area contributed by atoms with Crippen LogP contribution < -0.4 is 5.32 Å². The van der Waals surface area contributed by atoms with Gasteiger partial charge >= 0.3 is 0 Å².